The second kappa shape index (κ2) is 9.85. The van der Waals surface area contributed by atoms with Gasteiger partial charge in [-0.25, -0.2) is 4.98 Å². The van der Waals surface area contributed by atoms with Crippen molar-refractivity contribution in [3.8, 4) is 0 Å². The predicted molar refractivity (Wildman–Crippen MR) is 119 cm³/mol. The molecule has 1 aliphatic rings. The Balaban J connectivity index is 1.73. The molecule has 2 amide bonds. The number of alkyl halides is 3. The van der Waals surface area contributed by atoms with Crippen molar-refractivity contribution in [3.05, 3.63) is 23.7 Å². The molecule has 1 aliphatic heterocycles. The van der Waals surface area contributed by atoms with E-state index in [9.17, 15) is 22.8 Å². The van der Waals surface area contributed by atoms with Crippen LogP contribution < -0.4 is 16.4 Å². The van der Waals surface area contributed by atoms with Gasteiger partial charge in [-0.3, -0.25) is 14.3 Å². The van der Waals surface area contributed by atoms with Crippen molar-refractivity contribution >= 4 is 29.3 Å². The average Bonchev–Trinajstić information content (AvgIpc) is 3.12. The third-order valence-electron chi connectivity index (χ3n) is 5.73. The molecule has 1 fully saturated rings. The average molecular weight is 483 g/mol. The largest absolute Gasteiger partial charge is 0.421 e. The molecule has 0 unspecified atom stereocenters. The van der Waals surface area contributed by atoms with Gasteiger partial charge < -0.3 is 21.3 Å². The highest BCUT2D eigenvalue weighted by Crippen LogP contribution is 2.34. The van der Waals surface area contributed by atoms with Gasteiger partial charge in [0.25, 0.3) is 0 Å². The maximum atomic E-state index is 13.5. The van der Waals surface area contributed by atoms with Crippen molar-refractivity contribution in [2.24, 2.45) is 5.73 Å². The molecule has 0 radical (unpaired) electrons. The number of carbonyl (C=O) groups is 2. The topological polar surface area (TPSA) is 131 Å². The van der Waals surface area contributed by atoms with Crippen LogP contribution in [0.1, 0.15) is 50.8 Å². The summed E-state index contributed by atoms with van der Waals surface area (Å²) in [7, 11) is 0. The van der Waals surface area contributed by atoms with Crippen molar-refractivity contribution in [2.45, 2.75) is 58.2 Å². The first kappa shape index (κ1) is 25.2. The molecule has 13 heteroatoms. The summed E-state index contributed by atoms with van der Waals surface area (Å²) in [5.74, 6) is -0.949. The summed E-state index contributed by atoms with van der Waals surface area (Å²) in [6.07, 6.45) is 0.379. The molecule has 3 rings (SSSR count). The number of nitrogens with two attached hydrogens (primary N) is 1. The molecular formula is C21H29F3N8O2. The fraction of sp³-hybridized carbons (Fsp3) is 0.571. The Morgan fingerprint density at radius 2 is 2.00 bits per heavy atom. The summed E-state index contributed by atoms with van der Waals surface area (Å²) in [4.78, 5) is 33.1. The van der Waals surface area contributed by atoms with Gasteiger partial charge in [-0.2, -0.15) is 23.3 Å². The zero-order valence-electron chi connectivity index (χ0n) is 19.4. The van der Waals surface area contributed by atoms with E-state index in [0.29, 0.717) is 43.5 Å². The number of anilines is 3. The quantitative estimate of drug-likeness (QED) is 0.469. The lowest BCUT2D eigenvalue weighted by Crippen LogP contribution is -2.41. The van der Waals surface area contributed by atoms with Crippen molar-refractivity contribution in [1.29, 1.82) is 0 Å². The summed E-state index contributed by atoms with van der Waals surface area (Å²) in [6, 6.07) is 0. The summed E-state index contributed by atoms with van der Waals surface area (Å²) in [5, 5.41) is 9.84. The number of aromatic nitrogens is 4. The molecule has 2 aromatic heterocycles. The number of piperidine rings is 1. The number of likely N-dealkylation sites (tertiary alicyclic amines) is 1. The van der Waals surface area contributed by atoms with E-state index in [2.05, 4.69) is 25.7 Å². The number of carbonyl (C=O) groups excluding carboxylic acids is 2. The van der Waals surface area contributed by atoms with E-state index in [0.717, 1.165) is 12.8 Å². The lowest BCUT2D eigenvalue weighted by molar-refractivity contribution is -0.137. The second-order valence-electron chi connectivity index (χ2n) is 8.69. The van der Waals surface area contributed by atoms with Gasteiger partial charge in [-0.1, -0.05) is 0 Å². The fourth-order valence-electron chi connectivity index (χ4n) is 3.46. The van der Waals surface area contributed by atoms with Gasteiger partial charge in [-0.15, -0.1) is 0 Å². The van der Waals surface area contributed by atoms with E-state index in [1.165, 1.54) is 10.9 Å². The van der Waals surface area contributed by atoms with Gasteiger partial charge >= 0.3 is 6.18 Å². The van der Waals surface area contributed by atoms with Gasteiger partial charge in [0.15, 0.2) is 0 Å². The maximum absolute atomic E-state index is 13.5. The van der Waals surface area contributed by atoms with Crippen LogP contribution in [0.4, 0.5) is 30.6 Å². The van der Waals surface area contributed by atoms with Crippen LogP contribution in [-0.4, -0.2) is 56.1 Å². The van der Waals surface area contributed by atoms with Crippen LogP contribution in [0.2, 0.25) is 0 Å². The summed E-state index contributed by atoms with van der Waals surface area (Å²) >= 11 is 0. The molecule has 186 valence electrons. The minimum Gasteiger partial charge on any atom is -0.369 e. The molecule has 0 saturated carbocycles. The Hall–Kier alpha value is -3.38. The summed E-state index contributed by atoms with van der Waals surface area (Å²) in [6.45, 7) is 6.21. The molecule has 0 spiro atoms. The van der Waals surface area contributed by atoms with E-state index >= 15 is 0 Å². The minimum absolute atomic E-state index is 0.0683. The monoisotopic (exact) mass is 482 g/mol. The molecule has 1 saturated heterocycles. The molecule has 0 aromatic carbocycles. The molecule has 3 heterocycles. The predicted octanol–water partition coefficient (Wildman–Crippen LogP) is 2.78. The Morgan fingerprint density at radius 1 is 1.26 bits per heavy atom. The molecule has 34 heavy (non-hydrogen) atoms. The second-order valence-corrected chi connectivity index (χ2v) is 8.69. The molecule has 0 bridgehead atoms. The van der Waals surface area contributed by atoms with Crippen LogP contribution >= 0.6 is 0 Å². The van der Waals surface area contributed by atoms with Gasteiger partial charge in [0.2, 0.25) is 17.8 Å². The Kier molecular flexibility index (Phi) is 7.32. The Labute approximate surface area is 195 Å². The fourth-order valence-corrected chi connectivity index (χ4v) is 3.46. The van der Waals surface area contributed by atoms with E-state index in [4.69, 9.17) is 5.73 Å². The lowest BCUT2D eigenvalue weighted by Gasteiger charge is -2.26. The molecule has 10 nitrogen and oxygen atoms in total. The first-order chi connectivity index (χ1) is 15.9. The SMILES string of the molecule is Cc1nn(C(C)(C)C(N)=O)cc1Nc1ncc(C(F)(F)F)c(NCCCN2CCCCC2=O)n1. The number of primary amides is 1. The zero-order valence-corrected chi connectivity index (χ0v) is 19.4. The number of hydrogen-bond donors (Lipinski definition) is 3. The highest BCUT2D eigenvalue weighted by atomic mass is 19.4. The van der Waals surface area contributed by atoms with E-state index in [1.807, 2.05) is 0 Å². The van der Waals surface area contributed by atoms with Crippen molar-refractivity contribution < 1.29 is 22.8 Å². The van der Waals surface area contributed by atoms with Gasteiger partial charge in [0, 0.05) is 32.3 Å². The molecule has 0 aliphatic carbocycles. The van der Waals surface area contributed by atoms with Crippen LogP contribution in [-0.2, 0) is 21.3 Å². The number of hydrogen-bond acceptors (Lipinski definition) is 7. The smallest absolute Gasteiger partial charge is 0.369 e. The molecule has 0 atom stereocenters. The molecular weight excluding hydrogens is 453 g/mol. The van der Waals surface area contributed by atoms with Crippen LogP contribution in [0.25, 0.3) is 0 Å². The first-order valence-corrected chi connectivity index (χ1v) is 11.0. The Morgan fingerprint density at radius 3 is 2.65 bits per heavy atom. The first-order valence-electron chi connectivity index (χ1n) is 11.0. The highest BCUT2D eigenvalue weighted by Gasteiger charge is 2.35. The van der Waals surface area contributed by atoms with Crippen LogP contribution in [0.15, 0.2) is 12.4 Å². The maximum Gasteiger partial charge on any atom is 0.421 e. The third-order valence-corrected chi connectivity index (χ3v) is 5.73. The molecule has 4 N–H and O–H groups in total. The third kappa shape index (κ3) is 5.75. The highest BCUT2D eigenvalue weighted by molar-refractivity contribution is 5.81. The van der Waals surface area contributed by atoms with Crippen molar-refractivity contribution in [1.82, 2.24) is 24.6 Å². The van der Waals surface area contributed by atoms with E-state index in [1.54, 1.807) is 25.7 Å². The van der Waals surface area contributed by atoms with Crippen molar-refractivity contribution in [2.75, 3.05) is 30.3 Å². The zero-order chi connectivity index (χ0) is 25.1. The van der Waals surface area contributed by atoms with Gasteiger partial charge in [-0.05, 0) is 40.0 Å². The number of nitrogens with one attached hydrogen (secondary N) is 2. The van der Waals surface area contributed by atoms with Crippen LogP contribution in [0, 0.1) is 6.92 Å². The normalized spacial score (nSPS) is 14.9. The summed E-state index contributed by atoms with van der Waals surface area (Å²) in [5.41, 5.74) is 4.23. The number of amides is 2. The Bertz CT molecular complexity index is 1050. The summed E-state index contributed by atoms with van der Waals surface area (Å²) < 4.78 is 41.8. The standard InChI is InChI=1S/C21H29F3N8O2/c1-13-15(12-32(30-13)20(2,3)18(25)34)28-19-27-11-14(21(22,23)24)17(29-19)26-8-6-10-31-9-5-4-7-16(31)33/h11-12H,4-10H2,1-3H3,(H2,25,34)(H2,26,27,28,29). The van der Waals surface area contributed by atoms with Crippen LogP contribution in [0.5, 0.6) is 0 Å². The van der Waals surface area contributed by atoms with E-state index < -0.39 is 23.2 Å². The van der Waals surface area contributed by atoms with Crippen LogP contribution in [0.3, 0.4) is 0 Å². The number of nitrogens with zero attached hydrogens (tertiary/aromatic N) is 5. The van der Waals surface area contributed by atoms with Gasteiger partial charge in [0.05, 0.1) is 17.6 Å². The number of halogens is 3. The van der Waals surface area contributed by atoms with E-state index in [-0.39, 0.29) is 24.2 Å². The van der Waals surface area contributed by atoms with Gasteiger partial charge in [0.1, 0.15) is 16.9 Å². The molecule has 2 aromatic rings. The lowest BCUT2D eigenvalue weighted by atomic mass is 10.1. The number of aryl methyl sites for hydroxylation is 1. The van der Waals surface area contributed by atoms with Crippen molar-refractivity contribution in [3.63, 3.8) is 0 Å². The number of rotatable bonds is 9. The minimum atomic E-state index is -4.64.